The highest BCUT2D eigenvalue weighted by atomic mass is 16.5. The number of aromatic amines is 1. The van der Waals surface area contributed by atoms with Crippen molar-refractivity contribution in [2.24, 2.45) is 0 Å². The Morgan fingerprint density at radius 1 is 1.38 bits per heavy atom. The number of aromatic nitrogens is 2. The van der Waals surface area contributed by atoms with Crippen molar-refractivity contribution in [2.75, 3.05) is 12.8 Å². The van der Waals surface area contributed by atoms with E-state index in [0.29, 0.717) is 5.95 Å². The molecule has 1 heterocycles. The van der Waals surface area contributed by atoms with Gasteiger partial charge in [-0.1, -0.05) is 18.2 Å². The zero-order valence-corrected chi connectivity index (χ0v) is 9.45. The third-order valence-corrected chi connectivity index (χ3v) is 2.55. The number of rotatable bonds is 3. The smallest absolute Gasteiger partial charge is 0.197 e. The van der Waals surface area contributed by atoms with Crippen LogP contribution in [-0.2, 0) is 6.42 Å². The lowest BCUT2D eigenvalue weighted by atomic mass is 10.1. The predicted octanol–water partition coefficient (Wildman–Crippen LogP) is 1.90. The van der Waals surface area contributed by atoms with Gasteiger partial charge in [0.25, 0.3) is 0 Å². The number of hydrogen-bond donors (Lipinski definition) is 2. The summed E-state index contributed by atoms with van der Waals surface area (Å²) in [6, 6.07) is 7.92. The van der Waals surface area contributed by atoms with Gasteiger partial charge in [0, 0.05) is 17.7 Å². The molecular weight excluding hydrogens is 202 g/mol. The van der Waals surface area contributed by atoms with Crippen molar-refractivity contribution in [3.63, 3.8) is 0 Å². The number of benzene rings is 1. The molecule has 0 spiro atoms. The SMILES string of the molecule is COc1ccccc1Cc1nc(N)[nH]c1C. The normalized spacial score (nSPS) is 10.4. The number of nitrogens with zero attached hydrogens (tertiary/aromatic N) is 1. The molecule has 0 atom stereocenters. The van der Waals surface area contributed by atoms with Crippen molar-refractivity contribution in [3.05, 3.63) is 41.2 Å². The molecule has 0 amide bonds. The molecule has 1 aromatic heterocycles. The number of para-hydroxylation sites is 1. The number of ether oxygens (including phenoxy) is 1. The minimum atomic E-state index is 0.461. The monoisotopic (exact) mass is 217 g/mol. The summed E-state index contributed by atoms with van der Waals surface area (Å²) >= 11 is 0. The molecule has 3 N–H and O–H groups in total. The number of aryl methyl sites for hydroxylation is 1. The van der Waals surface area contributed by atoms with Crippen LogP contribution in [0.15, 0.2) is 24.3 Å². The van der Waals surface area contributed by atoms with E-state index in [1.807, 2.05) is 31.2 Å². The van der Waals surface area contributed by atoms with Gasteiger partial charge in [0.1, 0.15) is 5.75 Å². The Kier molecular flexibility index (Phi) is 2.81. The summed E-state index contributed by atoms with van der Waals surface area (Å²) in [5.74, 6) is 1.34. The number of H-pyrrole nitrogens is 1. The highest BCUT2D eigenvalue weighted by Crippen LogP contribution is 2.21. The second kappa shape index (κ2) is 4.26. The molecule has 16 heavy (non-hydrogen) atoms. The number of anilines is 1. The molecule has 0 saturated heterocycles. The molecule has 2 aromatic rings. The van der Waals surface area contributed by atoms with E-state index in [2.05, 4.69) is 9.97 Å². The first-order valence-corrected chi connectivity index (χ1v) is 5.13. The van der Waals surface area contributed by atoms with Gasteiger partial charge in [-0.15, -0.1) is 0 Å². The van der Waals surface area contributed by atoms with E-state index in [4.69, 9.17) is 10.5 Å². The molecule has 4 heteroatoms. The maximum absolute atomic E-state index is 5.61. The Morgan fingerprint density at radius 2 is 2.12 bits per heavy atom. The average Bonchev–Trinajstić information content (AvgIpc) is 2.58. The molecule has 0 radical (unpaired) electrons. The van der Waals surface area contributed by atoms with Crippen LogP contribution in [0.1, 0.15) is 17.0 Å². The van der Waals surface area contributed by atoms with E-state index >= 15 is 0 Å². The molecule has 0 saturated carbocycles. The maximum atomic E-state index is 5.61. The van der Waals surface area contributed by atoms with E-state index < -0.39 is 0 Å². The molecule has 0 fully saturated rings. The molecule has 84 valence electrons. The van der Waals surface area contributed by atoms with Crippen LogP contribution in [0.5, 0.6) is 5.75 Å². The molecule has 0 aliphatic rings. The lowest BCUT2D eigenvalue weighted by Crippen LogP contribution is -1.95. The average molecular weight is 217 g/mol. The highest BCUT2D eigenvalue weighted by molar-refractivity contribution is 5.38. The van der Waals surface area contributed by atoms with Gasteiger partial charge in [0.05, 0.1) is 12.8 Å². The van der Waals surface area contributed by atoms with E-state index in [9.17, 15) is 0 Å². The van der Waals surface area contributed by atoms with Gasteiger partial charge in [-0.3, -0.25) is 0 Å². The second-order valence-corrected chi connectivity index (χ2v) is 3.68. The van der Waals surface area contributed by atoms with Crippen molar-refractivity contribution in [1.29, 1.82) is 0 Å². The van der Waals surface area contributed by atoms with Crippen LogP contribution in [0.25, 0.3) is 0 Å². The van der Waals surface area contributed by atoms with Crippen molar-refractivity contribution in [3.8, 4) is 5.75 Å². The Bertz CT molecular complexity index is 491. The fraction of sp³-hybridized carbons (Fsp3) is 0.250. The molecule has 2 rings (SSSR count). The summed E-state index contributed by atoms with van der Waals surface area (Å²) in [6.45, 7) is 1.97. The van der Waals surface area contributed by atoms with Crippen molar-refractivity contribution < 1.29 is 4.74 Å². The zero-order valence-electron chi connectivity index (χ0n) is 9.45. The quantitative estimate of drug-likeness (QED) is 0.825. The number of nitrogens with one attached hydrogen (secondary N) is 1. The first-order chi connectivity index (χ1) is 7.70. The molecule has 1 aromatic carbocycles. The maximum Gasteiger partial charge on any atom is 0.197 e. The summed E-state index contributed by atoms with van der Waals surface area (Å²) in [5.41, 5.74) is 8.68. The van der Waals surface area contributed by atoms with Gasteiger partial charge < -0.3 is 15.5 Å². The van der Waals surface area contributed by atoms with Gasteiger partial charge in [0.15, 0.2) is 5.95 Å². The van der Waals surface area contributed by atoms with Crippen molar-refractivity contribution in [2.45, 2.75) is 13.3 Å². The predicted molar refractivity (Wildman–Crippen MR) is 63.5 cm³/mol. The van der Waals surface area contributed by atoms with Crippen LogP contribution in [0, 0.1) is 6.92 Å². The fourth-order valence-corrected chi connectivity index (χ4v) is 1.72. The van der Waals surface area contributed by atoms with Crippen molar-refractivity contribution >= 4 is 5.95 Å². The van der Waals surface area contributed by atoms with E-state index in [0.717, 1.165) is 29.1 Å². The molecule has 0 aliphatic carbocycles. The summed E-state index contributed by atoms with van der Waals surface area (Å²) in [6.07, 6.45) is 0.726. The minimum absolute atomic E-state index is 0.461. The van der Waals surface area contributed by atoms with Gasteiger partial charge in [-0.05, 0) is 13.0 Å². The fourth-order valence-electron chi connectivity index (χ4n) is 1.72. The third kappa shape index (κ3) is 2.00. The largest absolute Gasteiger partial charge is 0.496 e. The van der Waals surface area contributed by atoms with Crippen LogP contribution >= 0.6 is 0 Å². The lowest BCUT2D eigenvalue weighted by Gasteiger charge is -2.06. The van der Waals surface area contributed by atoms with Gasteiger partial charge >= 0.3 is 0 Å². The number of nitrogens with two attached hydrogens (primary N) is 1. The van der Waals surface area contributed by atoms with Crippen molar-refractivity contribution in [1.82, 2.24) is 9.97 Å². The van der Waals surface area contributed by atoms with E-state index in [-0.39, 0.29) is 0 Å². The highest BCUT2D eigenvalue weighted by Gasteiger charge is 2.08. The third-order valence-electron chi connectivity index (χ3n) is 2.55. The van der Waals surface area contributed by atoms with Gasteiger partial charge in [-0.25, -0.2) is 4.98 Å². The van der Waals surface area contributed by atoms with Crippen LogP contribution in [0.4, 0.5) is 5.95 Å². The topological polar surface area (TPSA) is 63.9 Å². The Morgan fingerprint density at radius 3 is 2.75 bits per heavy atom. The Hall–Kier alpha value is -1.97. The lowest BCUT2D eigenvalue weighted by molar-refractivity contribution is 0.410. The van der Waals surface area contributed by atoms with Crippen LogP contribution in [0.3, 0.4) is 0 Å². The van der Waals surface area contributed by atoms with Crippen LogP contribution < -0.4 is 10.5 Å². The molecular formula is C12H15N3O. The molecule has 0 aliphatic heterocycles. The summed E-state index contributed by atoms with van der Waals surface area (Å²) in [7, 11) is 1.67. The number of nitrogen functional groups attached to an aromatic ring is 1. The standard InChI is InChI=1S/C12H15N3O/c1-8-10(15-12(13)14-8)7-9-5-3-4-6-11(9)16-2/h3-6H,7H2,1-2H3,(H3,13,14,15). The summed E-state index contributed by atoms with van der Waals surface area (Å²) in [5, 5.41) is 0. The van der Waals surface area contributed by atoms with Gasteiger partial charge in [-0.2, -0.15) is 0 Å². The first-order valence-electron chi connectivity index (χ1n) is 5.13. The first kappa shape index (κ1) is 10.5. The summed E-state index contributed by atoms with van der Waals surface area (Å²) < 4.78 is 5.29. The second-order valence-electron chi connectivity index (χ2n) is 3.68. The number of hydrogen-bond acceptors (Lipinski definition) is 3. The van der Waals surface area contributed by atoms with E-state index in [1.165, 1.54) is 0 Å². The molecule has 0 bridgehead atoms. The molecule has 4 nitrogen and oxygen atoms in total. The zero-order chi connectivity index (χ0) is 11.5. The Labute approximate surface area is 94.5 Å². The molecule has 0 unspecified atom stereocenters. The number of imidazole rings is 1. The number of methoxy groups -OCH3 is 1. The van der Waals surface area contributed by atoms with Crippen LogP contribution in [0.2, 0.25) is 0 Å². The summed E-state index contributed by atoms with van der Waals surface area (Å²) in [4.78, 5) is 7.24. The van der Waals surface area contributed by atoms with E-state index in [1.54, 1.807) is 7.11 Å². The van der Waals surface area contributed by atoms with Gasteiger partial charge in [0.2, 0.25) is 0 Å². The Balaban J connectivity index is 2.30. The minimum Gasteiger partial charge on any atom is -0.496 e. The van der Waals surface area contributed by atoms with Crippen LogP contribution in [-0.4, -0.2) is 17.1 Å².